The van der Waals surface area contributed by atoms with Gasteiger partial charge in [0.2, 0.25) is 11.8 Å². The molecule has 41 heavy (non-hydrogen) atoms. The first-order chi connectivity index (χ1) is 19.1. The van der Waals surface area contributed by atoms with E-state index in [9.17, 15) is 42.0 Å². The number of likely N-dealkylation sites (tertiary alicyclic amines) is 1. The number of carboxylic acids is 1. The number of halogens is 3. The number of nitrogens with two attached hydrogens (primary N) is 1. The maximum absolute atomic E-state index is 14.0. The number of hydrogen-bond donors (Lipinski definition) is 2. The minimum absolute atomic E-state index is 0.142. The van der Waals surface area contributed by atoms with Gasteiger partial charge < -0.3 is 15.7 Å². The summed E-state index contributed by atoms with van der Waals surface area (Å²) >= 11 is 6.42. The lowest BCUT2D eigenvalue weighted by atomic mass is 9.70. The van der Waals surface area contributed by atoms with Gasteiger partial charge in [-0.2, -0.15) is 10.4 Å². The number of sulfone groups is 1. The van der Waals surface area contributed by atoms with Crippen LogP contribution in [0.25, 0.3) is 11.1 Å². The van der Waals surface area contributed by atoms with Crippen molar-refractivity contribution >= 4 is 39.2 Å². The molecule has 1 aliphatic heterocycles. The van der Waals surface area contributed by atoms with Crippen molar-refractivity contribution in [3.63, 3.8) is 0 Å². The first-order valence-corrected chi connectivity index (χ1v) is 14.6. The fraction of sp³-hybridized carbons (Fsp3) is 0.500. The average molecular weight is 610 g/mol. The normalized spacial score (nSPS) is 30.6. The summed E-state index contributed by atoms with van der Waals surface area (Å²) in [4.78, 5) is 39.4. The van der Waals surface area contributed by atoms with Crippen molar-refractivity contribution in [2.24, 2.45) is 35.4 Å². The number of primary amides is 1. The topological polar surface area (TPSA) is 176 Å². The van der Waals surface area contributed by atoms with E-state index in [0.29, 0.717) is 11.1 Å². The summed E-state index contributed by atoms with van der Waals surface area (Å²) in [5, 5.41) is 22.7. The molecule has 3 N–H and O–H groups in total. The Morgan fingerprint density at radius 3 is 2.44 bits per heavy atom. The Labute approximate surface area is 238 Å². The van der Waals surface area contributed by atoms with E-state index in [-0.39, 0.29) is 22.9 Å². The van der Waals surface area contributed by atoms with E-state index in [1.807, 2.05) is 0 Å². The van der Waals surface area contributed by atoms with E-state index >= 15 is 0 Å². The molecule has 2 aliphatic carbocycles. The highest BCUT2D eigenvalue weighted by molar-refractivity contribution is 7.92. The minimum atomic E-state index is -4.38. The molecule has 11 nitrogen and oxygen atoms in total. The zero-order valence-electron chi connectivity index (χ0n) is 21.8. The Balaban J connectivity index is 1.56. The van der Waals surface area contributed by atoms with Gasteiger partial charge in [-0.3, -0.25) is 19.1 Å². The van der Waals surface area contributed by atoms with Gasteiger partial charge in [-0.15, -0.1) is 0 Å². The summed E-state index contributed by atoms with van der Waals surface area (Å²) in [6.07, 6.45) is 1.19. The van der Waals surface area contributed by atoms with Gasteiger partial charge in [-0.1, -0.05) is 17.7 Å². The quantitative estimate of drug-likeness (QED) is 0.480. The Hall–Kier alpha value is -3.57. The molecule has 2 aromatic rings. The average Bonchev–Trinajstić information content (AvgIpc) is 3.16. The second-order valence-electron chi connectivity index (χ2n) is 11.1. The molecule has 2 saturated carbocycles. The van der Waals surface area contributed by atoms with E-state index in [1.54, 1.807) is 30.2 Å². The second-order valence-corrected chi connectivity index (χ2v) is 13.7. The number of carboxylic acid groups (broad SMARTS) is 1. The van der Waals surface area contributed by atoms with Gasteiger partial charge >= 0.3 is 5.97 Å². The molecule has 5 rings (SSSR count). The van der Waals surface area contributed by atoms with Gasteiger partial charge in [0.05, 0.1) is 45.3 Å². The van der Waals surface area contributed by atoms with Crippen LogP contribution in [0, 0.1) is 34.0 Å². The Morgan fingerprint density at radius 2 is 1.95 bits per heavy atom. The van der Waals surface area contributed by atoms with Crippen LogP contribution in [0.1, 0.15) is 25.7 Å². The molecule has 15 heteroatoms. The highest BCUT2D eigenvalue weighted by Gasteiger charge is 2.76. The number of nitriles is 1. The lowest BCUT2D eigenvalue weighted by Gasteiger charge is -2.34. The van der Waals surface area contributed by atoms with Crippen LogP contribution < -0.4 is 5.73 Å². The molecule has 2 heterocycles. The fourth-order valence-electron chi connectivity index (χ4n) is 6.54. The zero-order chi connectivity index (χ0) is 30.1. The third kappa shape index (κ3) is 4.46. The van der Waals surface area contributed by atoms with Crippen LogP contribution in [0.15, 0.2) is 35.5 Å². The molecule has 0 bridgehead atoms. The van der Waals surface area contributed by atoms with Crippen molar-refractivity contribution in [1.29, 1.82) is 5.26 Å². The number of alkyl halides is 2. The molecular formula is C26H26ClF2N5O6S. The Kier molecular flexibility index (Phi) is 6.70. The SMILES string of the molecule is Cn1cc(-c2ccc(S(=O)(=O)[C@@H]3C[C@@H](C(=O)N4CCC(F)(F)C4)[C@](C(=O)O)(C4CC4(C#N)C(N)=O)C3)c(Cl)c2)cn1. The van der Waals surface area contributed by atoms with Crippen molar-refractivity contribution < 1.29 is 36.7 Å². The third-order valence-corrected chi connectivity index (χ3v) is 11.4. The van der Waals surface area contributed by atoms with Gasteiger partial charge in [-0.25, -0.2) is 17.2 Å². The fourth-order valence-corrected chi connectivity index (χ4v) is 8.94. The molecule has 1 aromatic heterocycles. The van der Waals surface area contributed by atoms with Crippen LogP contribution in [0.3, 0.4) is 0 Å². The minimum Gasteiger partial charge on any atom is -0.481 e. The number of aryl methyl sites for hydroxylation is 1. The first kappa shape index (κ1) is 28.9. The molecule has 218 valence electrons. The summed E-state index contributed by atoms with van der Waals surface area (Å²) in [7, 11) is -2.68. The van der Waals surface area contributed by atoms with Gasteiger partial charge in [-0.05, 0) is 37.0 Å². The largest absolute Gasteiger partial charge is 0.481 e. The summed E-state index contributed by atoms with van der Waals surface area (Å²) in [5.41, 5.74) is 2.56. The third-order valence-electron chi connectivity index (χ3n) is 8.80. The van der Waals surface area contributed by atoms with Crippen LogP contribution >= 0.6 is 11.6 Å². The summed E-state index contributed by atoms with van der Waals surface area (Å²) < 4.78 is 57.4. The standard InChI is InChI=1S/C26H26ClF2N5O6S/c1-33-11-15(10-32-33)14-2-3-19(18(27)6-14)41(39,40)16-7-17(21(35)34-5-4-25(28,29)13-34)26(8-16,23(37)38)20-9-24(20,12-30)22(31)36/h2-3,6,10-11,16-17,20H,4-5,7-9,13H2,1H3,(H2,31,36)(H,37,38)/t16-,17+,20?,24?,26+/m1/s1. The van der Waals surface area contributed by atoms with Gasteiger partial charge in [0, 0.05) is 37.7 Å². The lowest BCUT2D eigenvalue weighted by Crippen LogP contribution is -2.48. The van der Waals surface area contributed by atoms with Crippen LogP contribution in [0.5, 0.6) is 0 Å². The van der Waals surface area contributed by atoms with Gasteiger partial charge in [0.15, 0.2) is 9.84 Å². The van der Waals surface area contributed by atoms with Crippen LogP contribution in [0.2, 0.25) is 5.02 Å². The molecule has 2 unspecified atom stereocenters. The maximum Gasteiger partial charge on any atom is 0.310 e. The van der Waals surface area contributed by atoms with Gasteiger partial charge in [0.1, 0.15) is 5.41 Å². The van der Waals surface area contributed by atoms with E-state index in [0.717, 1.165) is 4.90 Å². The van der Waals surface area contributed by atoms with E-state index < -0.39 is 87.3 Å². The summed E-state index contributed by atoms with van der Waals surface area (Å²) in [6.45, 7) is -1.29. The molecule has 0 spiro atoms. The number of aromatic nitrogens is 2. The van der Waals surface area contributed by atoms with Crippen LogP contribution in [-0.4, -0.2) is 70.3 Å². The number of nitrogens with zero attached hydrogens (tertiary/aromatic N) is 4. The maximum atomic E-state index is 14.0. The van der Waals surface area contributed by atoms with Crippen LogP contribution in [0.4, 0.5) is 8.78 Å². The van der Waals surface area contributed by atoms with Crippen molar-refractivity contribution in [3.05, 3.63) is 35.6 Å². The summed E-state index contributed by atoms with van der Waals surface area (Å²) in [5.74, 6) is -9.70. The van der Waals surface area contributed by atoms with Gasteiger partial charge in [0.25, 0.3) is 5.92 Å². The lowest BCUT2D eigenvalue weighted by molar-refractivity contribution is -0.160. The number of aliphatic carboxylic acids is 1. The molecule has 1 saturated heterocycles. The Morgan fingerprint density at radius 1 is 1.24 bits per heavy atom. The number of benzene rings is 1. The number of amides is 2. The van der Waals surface area contributed by atoms with E-state index in [2.05, 4.69) is 5.10 Å². The van der Waals surface area contributed by atoms with Crippen molar-refractivity contribution in [1.82, 2.24) is 14.7 Å². The number of rotatable bonds is 7. The molecule has 3 aliphatic rings. The molecule has 0 radical (unpaired) electrons. The molecule has 5 atom stereocenters. The summed E-state index contributed by atoms with van der Waals surface area (Å²) in [6, 6.07) is 5.97. The van der Waals surface area contributed by atoms with Crippen LogP contribution in [-0.2, 0) is 31.3 Å². The molecular weight excluding hydrogens is 584 g/mol. The second kappa shape index (κ2) is 9.49. The molecule has 1 aromatic carbocycles. The number of hydrogen-bond acceptors (Lipinski definition) is 7. The van der Waals surface area contributed by atoms with Crippen molar-refractivity contribution in [3.8, 4) is 17.2 Å². The first-order valence-electron chi connectivity index (χ1n) is 12.7. The predicted molar refractivity (Wildman–Crippen MR) is 139 cm³/mol. The predicted octanol–water partition coefficient (Wildman–Crippen LogP) is 2.25. The van der Waals surface area contributed by atoms with E-state index in [4.69, 9.17) is 17.3 Å². The van der Waals surface area contributed by atoms with Crippen molar-refractivity contribution in [2.75, 3.05) is 13.1 Å². The monoisotopic (exact) mass is 609 g/mol. The highest BCUT2D eigenvalue weighted by atomic mass is 35.5. The Bertz CT molecular complexity index is 1620. The van der Waals surface area contributed by atoms with Crippen molar-refractivity contribution in [2.45, 2.75) is 41.8 Å². The van der Waals surface area contributed by atoms with E-state index in [1.165, 1.54) is 18.2 Å². The smallest absolute Gasteiger partial charge is 0.310 e. The number of carbonyl (C=O) groups is 3. The number of carbonyl (C=O) groups excluding carboxylic acids is 2. The zero-order valence-corrected chi connectivity index (χ0v) is 23.3. The highest BCUT2D eigenvalue weighted by Crippen LogP contribution is 2.68. The molecule has 2 amide bonds. The molecule has 3 fully saturated rings.